The van der Waals surface area contributed by atoms with Crippen LogP contribution in [0.3, 0.4) is 0 Å². The third-order valence-corrected chi connectivity index (χ3v) is 3.44. The van der Waals surface area contributed by atoms with E-state index < -0.39 is 6.29 Å². The van der Waals surface area contributed by atoms with E-state index in [1.807, 2.05) is 30.3 Å². The van der Waals surface area contributed by atoms with E-state index in [4.69, 9.17) is 4.74 Å². The van der Waals surface area contributed by atoms with Gasteiger partial charge in [0.25, 0.3) is 0 Å². The Bertz CT molecular complexity index is 548. The Morgan fingerprint density at radius 2 is 1.89 bits per heavy atom. The van der Waals surface area contributed by atoms with E-state index in [0.717, 1.165) is 5.75 Å². The van der Waals surface area contributed by atoms with E-state index >= 15 is 0 Å². The lowest BCUT2D eigenvalue weighted by molar-refractivity contribution is -0.0359. The zero-order valence-corrected chi connectivity index (χ0v) is 10.3. The van der Waals surface area contributed by atoms with Gasteiger partial charge in [-0.25, -0.2) is 0 Å². The van der Waals surface area contributed by atoms with Gasteiger partial charge in [-0.2, -0.15) is 0 Å². The highest BCUT2D eigenvalue weighted by atomic mass is 16.6. The number of aliphatic hydroxyl groups excluding tert-OH is 1. The van der Waals surface area contributed by atoms with Crippen LogP contribution in [0.2, 0.25) is 0 Å². The Kier molecular flexibility index (Phi) is 2.80. The molecule has 92 valence electrons. The zero-order chi connectivity index (χ0) is 12.5. The van der Waals surface area contributed by atoms with Gasteiger partial charge >= 0.3 is 0 Å². The van der Waals surface area contributed by atoms with E-state index in [0.29, 0.717) is 6.42 Å². The van der Waals surface area contributed by atoms with Crippen molar-refractivity contribution < 1.29 is 9.84 Å². The quantitative estimate of drug-likeness (QED) is 0.829. The molecule has 1 N–H and O–H groups in total. The minimum atomic E-state index is -0.717. The van der Waals surface area contributed by atoms with Gasteiger partial charge in [-0.15, -0.1) is 0 Å². The second kappa shape index (κ2) is 4.46. The molecule has 0 saturated heterocycles. The van der Waals surface area contributed by atoms with Gasteiger partial charge in [-0.05, 0) is 18.6 Å². The number of ether oxygens (including phenoxy) is 1. The van der Waals surface area contributed by atoms with E-state index in [1.165, 1.54) is 16.7 Å². The molecule has 18 heavy (non-hydrogen) atoms. The molecule has 3 rings (SSSR count). The Morgan fingerprint density at radius 1 is 1.11 bits per heavy atom. The predicted molar refractivity (Wildman–Crippen MR) is 70.7 cm³/mol. The smallest absolute Gasteiger partial charge is 0.198 e. The summed E-state index contributed by atoms with van der Waals surface area (Å²) in [5.74, 6) is 1.01. The molecule has 2 aromatic rings. The molecule has 2 heteroatoms. The average molecular weight is 240 g/mol. The van der Waals surface area contributed by atoms with Crippen molar-refractivity contribution in [2.75, 3.05) is 0 Å². The standard InChI is InChI=1S/C16H16O2/c1-11-7-8-15-14(9-11)13(10-16(17)18-15)12-5-3-2-4-6-12/h2-9,13,16-17H,10H2,1H3/t13-,16-/m0/s1. The first-order valence-corrected chi connectivity index (χ1v) is 6.24. The van der Waals surface area contributed by atoms with E-state index in [-0.39, 0.29) is 5.92 Å². The van der Waals surface area contributed by atoms with Gasteiger partial charge in [0.1, 0.15) is 5.75 Å². The van der Waals surface area contributed by atoms with Crippen molar-refractivity contribution in [2.24, 2.45) is 0 Å². The SMILES string of the molecule is Cc1ccc2c(c1)[C@H](c1ccccc1)C[C@@H](O)O2. The molecule has 0 aliphatic carbocycles. The normalized spacial score (nSPS) is 22.1. The van der Waals surface area contributed by atoms with Crippen molar-refractivity contribution in [1.82, 2.24) is 0 Å². The fraction of sp³-hybridized carbons (Fsp3) is 0.250. The summed E-state index contributed by atoms with van der Waals surface area (Å²) in [6.45, 7) is 2.08. The lowest BCUT2D eigenvalue weighted by Crippen LogP contribution is -2.25. The summed E-state index contributed by atoms with van der Waals surface area (Å²) in [6, 6.07) is 16.4. The fourth-order valence-corrected chi connectivity index (χ4v) is 2.57. The molecule has 1 aliphatic rings. The summed E-state index contributed by atoms with van der Waals surface area (Å²) in [5.41, 5.74) is 3.62. The Labute approximate surface area is 107 Å². The van der Waals surface area contributed by atoms with Crippen LogP contribution in [0.4, 0.5) is 0 Å². The molecule has 1 aliphatic heterocycles. The molecule has 0 radical (unpaired) electrons. The molecule has 1 heterocycles. The molecule has 2 aromatic carbocycles. The minimum absolute atomic E-state index is 0.213. The number of aryl methyl sites for hydroxylation is 1. The third-order valence-electron chi connectivity index (χ3n) is 3.44. The highest BCUT2D eigenvalue weighted by Gasteiger charge is 2.28. The highest BCUT2D eigenvalue weighted by molar-refractivity contribution is 5.45. The summed E-state index contributed by atoms with van der Waals surface area (Å²) in [5, 5.41) is 9.83. The summed E-state index contributed by atoms with van der Waals surface area (Å²) in [4.78, 5) is 0. The van der Waals surface area contributed by atoms with Crippen molar-refractivity contribution in [1.29, 1.82) is 0 Å². The average Bonchev–Trinajstić information content (AvgIpc) is 2.39. The Morgan fingerprint density at radius 3 is 2.67 bits per heavy atom. The predicted octanol–water partition coefficient (Wildman–Crippen LogP) is 3.23. The molecule has 0 unspecified atom stereocenters. The largest absolute Gasteiger partial charge is 0.465 e. The van der Waals surface area contributed by atoms with Crippen LogP contribution < -0.4 is 4.74 Å². The first-order valence-electron chi connectivity index (χ1n) is 6.24. The van der Waals surface area contributed by atoms with Crippen molar-refractivity contribution >= 4 is 0 Å². The molecule has 0 aromatic heterocycles. The van der Waals surface area contributed by atoms with Gasteiger partial charge in [-0.1, -0.05) is 48.0 Å². The maximum atomic E-state index is 9.83. The molecular formula is C16H16O2. The van der Waals surface area contributed by atoms with Gasteiger partial charge in [0, 0.05) is 17.9 Å². The number of aliphatic hydroxyl groups is 1. The summed E-state index contributed by atoms with van der Waals surface area (Å²) in [6.07, 6.45) is -0.106. The van der Waals surface area contributed by atoms with Crippen molar-refractivity contribution in [3.05, 3.63) is 65.2 Å². The first kappa shape index (κ1) is 11.3. The van der Waals surface area contributed by atoms with Gasteiger partial charge < -0.3 is 9.84 Å². The van der Waals surface area contributed by atoms with Gasteiger partial charge in [0.2, 0.25) is 0 Å². The summed E-state index contributed by atoms with van der Waals surface area (Å²) in [7, 11) is 0. The van der Waals surface area contributed by atoms with Gasteiger partial charge in [-0.3, -0.25) is 0 Å². The van der Waals surface area contributed by atoms with E-state index in [9.17, 15) is 5.11 Å². The van der Waals surface area contributed by atoms with Crippen LogP contribution in [0.5, 0.6) is 5.75 Å². The van der Waals surface area contributed by atoms with Gasteiger partial charge in [0.15, 0.2) is 6.29 Å². The van der Waals surface area contributed by atoms with E-state index in [1.54, 1.807) is 0 Å². The van der Waals surface area contributed by atoms with Crippen LogP contribution in [0.1, 0.15) is 29.0 Å². The first-order chi connectivity index (χ1) is 8.74. The van der Waals surface area contributed by atoms with Gasteiger partial charge in [0.05, 0.1) is 0 Å². The molecule has 2 atom stereocenters. The summed E-state index contributed by atoms with van der Waals surface area (Å²) < 4.78 is 5.49. The number of fused-ring (bicyclic) bond motifs is 1. The molecule has 0 bridgehead atoms. The van der Waals surface area contributed by atoms with Crippen LogP contribution in [0.25, 0.3) is 0 Å². The molecule has 2 nitrogen and oxygen atoms in total. The highest BCUT2D eigenvalue weighted by Crippen LogP contribution is 2.40. The minimum Gasteiger partial charge on any atom is -0.465 e. The zero-order valence-electron chi connectivity index (χ0n) is 10.3. The molecule has 0 amide bonds. The topological polar surface area (TPSA) is 29.5 Å². The lowest BCUT2D eigenvalue weighted by Gasteiger charge is -2.30. The maximum Gasteiger partial charge on any atom is 0.198 e. The third kappa shape index (κ3) is 2.00. The monoisotopic (exact) mass is 240 g/mol. The molecular weight excluding hydrogens is 224 g/mol. The number of benzene rings is 2. The molecule has 0 saturated carbocycles. The Hall–Kier alpha value is -1.80. The van der Waals surface area contributed by atoms with Crippen LogP contribution >= 0.6 is 0 Å². The maximum absolute atomic E-state index is 9.83. The molecule has 0 spiro atoms. The lowest BCUT2D eigenvalue weighted by atomic mass is 9.85. The fourth-order valence-electron chi connectivity index (χ4n) is 2.57. The van der Waals surface area contributed by atoms with Crippen molar-refractivity contribution in [3.63, 3.8) is 0 Å². The summed E-state index contributed by atoms with van der Waals surface area (Å²) >= 11 is 0. The number of hydrogen-bond donors (Lipinski definition) is 1. The van der Waals surface area contributed by atoms with E-state index in [2.05, 4.69) is 25.1 Å². The molecule has 0 fully saturated rings. The second-order valence-electron chi connectivity index (χ2n) is 4.81. The van der Waals surface area contributed by atoms with Crippen LogP contribution in [0, 0.1) is 6.92 Å². The van der Waals surface area contributed by atoms with Crippen molar-refractivity contribution in [2.45, 2.75) is 25.6 Å². The Balaban J connectivity index is 2.09. The van der Waals surface area contributed by atoms with Crippen LogP contribution in [0.15, 0.2) is 48.5 Å². The van der Waals surface area contributed by atoms with Crippen LogP contribution in [-0.4, -0.2) is 11.4 Å². The number of hydrogen-bond acceptors (Lipinski definition) is 2. The van der Waals surface area contributed by atoms with Crippen LogP contribution in [-0.2, 0) is 0 Å². The number of rotatable bonds is 1. The second-order valence-corrected chi connectivity index (χ2v) is 4.81. The van der Waals surface area contributed by atoms with Crippen molar-refractivity contribution in [3.8, 4) is 5.75 Å².